The number of phenolic OH excluding ortho intramolecular Hbond substituents is 1. The van der Waals surface area contributed by atoms with Gasteiger partial charge in [-0.05, 0) is 35.1 Å². The van der Waals surface area contributed by atoms with E-state index in [1.54, 1.807) is 48.5 Å². The molecule has 2 N–H and O–H groups in total. The van der Waals surface area contributed by atoms with E-state index in [-0.39, 0.29) is 34.1 Å². The molecule has 1 aromatic heterocycles. The molecule has 39 heavy (non-hydrogen) atoms. The van der Waals surface area contributed by atoms with Gasteiger partial charge in [0.2, 0.25) is 0 Å². The number of ketones is 2. The summed E-state index contributed by atoms with van der Waals surface area (Å²) < 4.78 is 0. The number of hydrogen-bond acceptors (Lipinski definition) is 5. The number of aromatic nitrogens is 1. The summed E-state index contributed by atoms with van der Waals surface area (Å²) in [5.41, 5.74) is 3.18. The van der Waals surface area contributed by atoms with Crippen LogP contribution in [0.3, 0.4) is 0 Å². The fourth-order valence-electron chi connectivity index (χ4n) is 5.14. The van der Waals surface area contributed by atoms with Crippen molar-refractivity contribution in [2.24, 2.45) is 0 Å². The molecule has 0 atom stereocenters. The molecule has 0 aliphatic heterocycles. The van der Waals surface area contributed by atoms with Crippen molar-refractivity contribution < 1.29 is 19.5 Å². The van der Waals surface area contributed by atoms with Crippen LogP contribution in [0.15, 0.2) is 66.7 Å². The summed E-state index contributed by atoms with van der Waals surface area (Å²) in [4.78, 5) is 44.5. The highest BCUT2D eigenvalue weighted by Gasteiger charge is 2.40. The van der Waals surface area contributed by atoms with Gasteiger partial charge in [-0.15, -0.1) is 0 Å². The van der Waals surface area contributed by atoms with Crippen molar-refractivity contribution in [1.82, 2.24) is 4.98 Å². The molecule has 5 rings (SSSR count). The van der Waals surface area contributed by atoms with Gasteiger partial charge in [0.1, 0.15) is 11.7 Å². The maximum absolute atomic E-state index is 13.6. The fraction of sp³-hybridized carbons (Fsp3) is 0.273. The number of phenols is 1. The van der Waals surface area contributed by atoms with Gasteiger partial charge in [0.15, 0.2) is 11.6 Å². The van der Waals surface area contributed by atoms with Crippen LogP contribution in [-0.2, 0) is 10.8 Å². The molecule has 1 amide bonds. The van der Waals surface area contributed by atoms with Gasteiger partial charge in [0.25, 0.3) is 5.91 Å². The van der Waals surface area contributed by atoms with Gasteiger partial charge in [0.05, 0.1) is 16.9 Å². The van der Waals surface area contributed by atoms with Crippen LogP contribution in [0.5, 0.6) is 5.75 Å². The summed E-state index contributed by atoms with van der Waals surface area (Å²) in [5, 5.41) is 14.8. The van der Waals surface area contributed by atoms with Crippen LogP contribution in [0.2, 0.25) is 0 Å². The highest BCUT2D eigenvalue weighted by molar-refractivity contribution is 6.29. The van der Waals surface area contributed by atoms with Crippen LogP contribution in [-0.4, -0.2) is 27.6 Å². The Morgan fingerprint density at radius 2 is 1.36 bits per heavy atom. The van der Waals surface area contributed by atoms with E-state index in [1.807, 2.05) is 59.7 Å². The Kier molecular flexibility index (Phi) is 6.17. The van der Waals surface area contributed by atoms with Crippen LogP contribution < -0.4 is 5.32 Å². The van der Waals surface area contributed by atoms with E-state index in [9.17, 15) is 19.5 Å². The van der Waals surface area contributed by atoms with E-state index in [1.165, 1.54) is 0 Å². The second kappa shape index (κ2) is 9.16. The number of hydrogen-bond donors (Lipinski definition) is 2. The summed E-state index contributed by atoms with van der Waals surface area (Å²) in [5.74, 6) is -1.67. The van der Waals surface area contributed by atoms with E-state index in [4.69, 9.17) is 4.98 Å². The number of pyridine rings is 1. The summed E-state index contributed by atoms with van der Waals surface area (Å²) >= 11 is 0. The van der Waals surface area contributed by atoms with E-state index in [2.05, 4.69) is 5.32 Å². The van der Waals surface area contributed by atoms with Crippen LogP contribution >= 0.6 is 0 Å². The Labute approximate surface area is 228 Å². The van der Waals surface area contributed by atoms with Gasteiger partial charge >= 0.3 is 0 Å². The first-order chi connectivity index (χ1) is 18.3. The van der Waals surface area contributed by atoms with Crippen LogP contribution in [0.1, 0.15) is 95.4 Å². The number of benzene rings is 3. The number of Topliss-reactive ketones (excluding diaryl/α,β-unsaturated/α-hetero) is 2. The first kappa shape index (κ1) is 26.3. The predicted octanol–water partition coefficient (Wildman–Crippen LogP) is 6.95. The van der Waals surface area contributed by atoms with Gasteiger partial charge in [-0.3, -0.25) is 14.4 Å². The third kappa shape index (κ3) is 4.60. The second-order valence-electron chi connectivity index (χ2n) is 12.2. The summed E-state index contributed by atoms with van der Waals surface area (Å²) in [6, 6.07) is 19.2. The molecule has 0 spiro atoms. The highest BCUT2D eigenvalue weighted by atomic mass is 16.3. The van der Waals surface area contributed by atoms with Crippen molar-refractivity contribution in [2.45, 2.75) is 58.3 Å². The molecule has 1 heterocycles. The molecule has 0 fully saturated rings. The zero-order valence-corrected chi connectivity index (χ0v) is 23.0. The Hall–Kier alpha value is -4.32. The summed E-state index contributed by atoms with van der Waals surface area (Å²) in [6.07, 6.45) is 0. The SMILES string of the molecule is CC(C)(C)c1cc(C(=O)Nc2cccc3ccc(C4C(=O)c5ccccc5C4=O)nc23)cc(C(C)(C)C)c1O. The first-order valence-corrected chi connectivity index (χ1v) is 13.0. The standard InChI is InChI=1S/C33H32N2O4/c1-32(2,3)22-16-19(17-23(30(22)38)33(4,5)6)31(39)35-25-13-9-10-18-14-15-24(34-27(18)25)26-28(36)20-11-7-8-12-21(20)29(26)37/h7-17,26,38H,1-6H3,(H,35,39). The molecule has 0 bridgehead atoms. The number of carbonyl (C=O) groups excluding carboxylic acids is 3. The quantitative estimate of drug-likeness (QED) is 0.285. The molecule has 198 valence electrons. The van der Waals surface area contributed by atoms with E-state index < -0.39 is 5.92 Å². The topological polar surface area (TPSA) is 96.4 Å². The number of rotatable bonds is 3. The molecule has 0 unspecified atom stereocenters. The van der Waals surface area contributed by atoms with E-state index >= 15 is 0 Å². The molecule has 4 aromatic rings. The molecular formula is C33H32N2O4. The van der Waals surface area contributed by atoms with Crippen LogP contribution in [0.25, 0.3) is 10.9 Å². The van der Waals surface area contributed by atoms with E-state index in [0.717, 1.165) is 5.39 Å². The molecule has 6 nitrogen and oxygen atoms in total. The number of anilines is 1. The molecule has 0 saturated heterocycles. The maximum atomic E-state index is 13.6. The third-order valence-corrected chi connectivity index (χ3v) is 7.26. The number of carbonyl (C=O) groups is 3. The monoisotopic (exact) mass is 520 g/mol. The molecular weight excluding hydrogens is 488 g/mol. The van der Waals surface area contributed by atoms with Gasteiger partial charge < -0.3 is 10.4 Å². The zero-order valence-electron chi connectivity index (χ0n) is 23.0. The molecule has 1 aliphatic rings. The van der Waals surface area contributed by atoms with Crippen molar-refractivity contribution in [2.75, 3.05) is 5.32 Å². The number of para-hydroxylation sites is 1. The number of nitrogens with zero attached hydrogens (tertiary/aromatic N) is 1. The van der Waals surface area contributed by atoms with Crippen molar-refractivity contribution >= 4 is 34.1 Å². The molecule has 1 aliphatic carbocycles. The zero-order chi connectivity index (χ0) is 28.3. The Bertz CT molecular complexity index is 1600. The minimum absolute atomic E-state index is 0.204. The summed E-state index contributed by atoms with van der Waals surface area (Å²) in [7, 11) is 0. The lowest BCUT2D eigenvalue weighted by Gasteiger charge is -2.28. The number of amides is 1. The lowest BCUT2D eigenvalue weighted by Crippen LogP contribution is -2.21. The number of aromatic hydroxyl groups is 1. The Balaban J connectivity index is 1.55. The normalized spacial score (nSPS) is 14.1. The van der Waals surface area contributed by atoms with Crippen molar-refractivity contribution in [3.8, 4) is 5.75 Å². The van der Waals surface area contributed by atoms with Crippen molar-refractivity contribution in [1.29, 1.82) is 0 Å². The second-order valence-corrected chi connectivity index (χ2v) is 12.2. The predicted molar refractivity (Wildman–Crippen MR) is 153 cm³/mol. The lowest BCUT2D eigenvalue weighted by molar-refractivity contribution is 0.0887. The Morgan fingerprint density at radius 1 is 0.795 bits per heavy atom. The lowest BCUT2D eigenvalue weighted by atomic mass is 9.78. The minimum Gasteiger partial charge on any atom is -0.507 e. The summed E-state index contributed by atoms with van der Waals surface area (Å²) in [6.45, 7) is 12.0. The van der Waals surface area contributed by atoms with Crippen molar-refractivity contribution in [3.63, 3.8) is 0 Å². The first-order valence-electron chi connectivity index (χ1n) is 13.0. The van der Waals surface area contributed by atoms with Gasteiger partial charge in [-0.25, -0.2) is 4.98 Å². The van der Waals surface area contributed by atoms with Gasteiger partial charge in [-0.2, -0.15) is 0 Å². The van der Waals surface area contributed by atoms with Gasteiger partial charge in [-0.1, -0.05) is 84.0 Å². The molecule has 6 heteroatoms. The highest BCUT2D eigenvalue weighted by Crippen LogP contribution is 2.40. The smallest absolute Gasteiger partial charge is 0.255 e. The largest absolute Gasteiger partial charge is 0.507 e. The fourth-order valence-corrected chi connectivity index (χ4v) is 5.14. The number of fused-ring (bicyclic) bond motifs is 2. The van der Waals surface area contributed by atoms with Crippen molar-refractivity contribution in [3.05, 3.63) is 100 Å². The molecule has 3 aromatic carbocycles. The molecule has 0 radical (unpaired) electrons. The van der Waals surface area contributed by atoms with Crippen LogP contribution in [0, 0.1) is 0 Å². The Morgan fingerprint density at radius 3 is 1.90 bits per heavy atom. The van der Waals surface area contributed by atoms with Crippen LogP contribution in [0.4, 0.5) is 5.69 Å². The minimum atomic E-state index is -1.00. The average molecular weight is 521 g/mol. The van der Waals surface area contributed by atoms with E-state index in [0.29, 0.717) is 44.7 Å². The average Bonchev–Trinajstić information content (AvgIpc) is 3.12. The number of nitrogens with one attached hydrogen (secondary N) is 1. The maximum Gasteiger partial charge on any atom is 0.255 e. The van der Waals surface area contributed by atoms with Gasteiger partial charge in [0, 0.05) is 33.2 Å². The molecule has 0 saturated carbocycles. The third-order valence-electron chi connectivity index (χ3n) is 7.26.